The zero-order valence-corrected chi connectivity index (χ0v) is 10.4. The summed E-state index contributed by atoms with van der Waals surface area (Å²) in [5.74, 6) is -0.00489. The molecule has 0 aliphatic carbocycles. The normalized spacial score (nSPS) is 16.8. The van der Waals surface area contributed by atoms with Crippen LogP contribution in [0.4, 0.5) is 5.69 Å². The average molecular weight is 255 g/mol. The van der Waals surface area contributed by atoms with E-state index >= 15 is 0 Å². The number of fused-ring (bicyclic) bond motifs is 1. The topological polar surface area (TPSA) is 89.4 Å². The van der Waals surface area contributed by atoms with Crippen molar-refractivity contribution in [2.45, 2.75) is 13.0 Å². The molecule has 0 radical (unpaired) electrons. The number of rotatable bonds is 3. The van der Waals surface area contributed by atoms with Gasteiger partial charge in [0.25, 0.3) is 0 Å². The first-order valence-corrected chi connectivity index (χ1v) is 7.26. The van der Waals surface area contributed by atoms with Gasteiger partial charge < -0.3 is 5.73 Å². The van der Waals surface area contributed by atoms with Gasteiger partial charge in [-0.3, -0.25) is 4.90 Å². The molecule has 0 atom stereocenters. The highest BCUT2D eigenvalue weighted by Gasteiger charge is 2.18. The lowest BCUT2D eigenvalue weighted by Crippen LogP contribution is -2.36. The first-order chi connectivity index (χ1) is 7.96. The fraction of sp³-hybridized carbons (Fsp3) is 0.455. The molecular weight excluding hydrogens is 238 g/mol. The highest BCUT2D eigenvalue weighted by Crippen LogP contribution is 2.23. The molecule has 1 aliphatic heterocycles. The summed E-state index contributed by atoms with van der Waals surface area (Å²) in [5, 5.41) is 5.00. The van der Waals surface area contributed by atoms with Crippen molar-refractivity contribution in [2.24, 2.45) is 5.14 Å². The molecule has 1 aromatic carbocycles. The fourth-order valence-electron chi connectivity index (χ4n) is 2.11. The molecule has 94 valence electrons. The first-order valence-electron chi connectivity index (χ1n) is 5.55. The molecule has 0 aromatic heterocycles. The number of nitrogens with zero attached hydrogens (tertiary/aromatic N) is 1. The summed E-state index contributed by atoms with van der Waals surface area (Å²) in [5.41, 5.74) is 9.08. The van der Waals surface area contributed by atoms with Crippen LogP contribution in [0.15, 0.2) is 18.2 Å². The average Bonchev–Trinajstić information content (AvgIpc) is 2.26. The number of hydrogen-bond donors (Lipinski definition) is 2. The molecule has 0 saturated carbocycles. The lowest BCUT2D eigenvalue weighted by molar-refractivity contribution is 0.269. The molecule has 6 heteroatoms. The fourth-order valence-corrected chi connectivity index (χ4v) is 2.62. The van der Waals surface area contributed by atoms with Crippen molar-refractivity contribution >= 4 is 15.7 Å². The predicted molar refractivity (Wildman–Crippen MR) is 67.8 cm³/mol. The van der Waals surface area contributed by atoms with Crippen LogP contribution in [0.25, 0.3) is 0 Å². The largest absolute Gasteiger partial charge is 0.398 e. The molecule has 17 heavy (non-hydrogen) atoms. The van der Waals surface area contributed by atoms with E-state index in [9.17, 15) is 8.42 Å². The third kappa shape index (κ3) is 3.18. The maximum Gasteiger partial charge on any atom is 0.210 e. The van der Waals surface area contributed by atoms with Crippen LogP contribution in [0, 0.1) is 0 Å². The highest BCUT2D eigenvalue weighted by molar-refractivity contribution is 7.89. The molecule has 0 bridgehead atoms. The van der Waals surface area contributed by atoms with Crippen molar-refractivity contribution in [2.75, 3.05) is 24.6 Å². The predicted octanol–water partition coefficient (Wildman–Crippen LogP) is -0.0846. The zero-order valence-electron chi connectivity index (χ0n) is 9.59. The van der Waals surface area contributed by atoms with E-state index in [2.05, 4.69) is 11.0 Å². The monoisotopic (exact) mass is 255 g/mol. The molecule has 0 unspecified atom stereocenters. The molecular formula is C11H17N3O2S. The number of anilines is 1. The van der Waals surface area contributed by atoms with E-state index < -0.39 is 10.0 Å². The van der Waals surface area contributed by atoms with E-state index in [-0.39, 0.29) is 5.75 Å². The molecule has 1 aromatic rings. The summed E-state index contributed by atoms with van der Waals surface area (Å²) in [6, 6.07) is 5.90. The summed E-state index contributed by atoms with van der Waals surface area (Å²) in [6.07, 6.45) is 0.908. The quantitative estimate of drug-likeness (QED) is 0.739. The minimum absolute atomic E-state index is 0.00489. The maximum absolute atomic E-state index is 10.9. The lowest BCUT2D eigenvalue weighted by Gasteiger charge is -2.29. The molecule has 0 amide bonds. The smallest absolute Gasteiger partial charge is 0.210 e. The number of hydrogen-bond acceptors (Lipinski definition) is 4. The van der Waals surface area contributed by atoms with Crippen LogP contribution < -0.4 is 10.9 Å². The molecule has 2 rings (SSSR count). The van der Waals surface area contributed by atoms with Gasteiger partial charge in [-0.15, -0.1) is 0 Å². The minimum Gasteiger partial charge on any atom is -0.398 e. The molecule has 0 saturated heterocycles. The van der Waals surface area contributed by atoms with E-state index in [4.69, 9.17) is 10.9 Å². The van der Waals surface area contributed by atoms with Gasteiger partial charge in [-0.1, -0.05) is 12.1 Å². The summed E-state index contributed by atoms with van der Waals surface area (Å²) < 4.78 is 21.8. The maximum atomic E-state index is 10.9. The van der Waals surface area contributed by atoms with Crippen LogP contribution in [0.5, 0.6) is 0 Å². The van der Waals surface area contributed by atoms with Gasteiger partial charge in [0, 0.05) is 25.3 Å². The lowest BCUT2D eigenvalue weighted by atomic mass is 9.98. The molecule has 4 N–H and O–H groups in total. The molecule has 1 aliphatic rings. The Kier molecular flexibility index (Phi) is 3.37. The third-order valence-electron chi connectivity index (χ3n) is 3.08. The summed E-state index contributed by atoms with van der Waals surface area (Å²) in [7, 11) is -3.38. The Bertz CT molecular complexity index is 513. The summed E-state index contributed by atoms with van der Waals surface area (Å²) in [4.78, 5) is 2.07. The van der Waals surface area contributed by atoms with E-state index in [0.29, 0.717) is 13.1 Å². The third-order valence-corrected chi connectivity index (χ3v) is 3.83. The number of sulfonamides is 1. The minimum atomic E-state index is -3.38. The van der Waals surface area contributed by atoms with Crippen molar-refractivity contribution < 1.29 is 8.42 Å². The van der Waals surface area contributed by atoms with Crippen LogP contribution in [0.2, 0.25) is 0 Å². The van der Waals surface area contributed by atoms with Crippen molar-refractivity contribution in [3.05, 3.63) is 29.3 Å². The van der Waals surface area contributed by atoms with E-state index in [1.54, 1.807) is 0 Å². The van der Waals surface area contributed by atoms with Crippen molar-refractivity contribution in [1.82, 2.24) is 4.90 Å². The summed E-state index contributed by atoms with van der Waals surface area (Å²) >= 11 is 0. The Labute approximate surface area is 101 Å². The Balaban J connectivity index is 2.06. The van der Waals surface area contributed by atoms with Crippen LogP contribution in [0.3, 0.4) is 0 Å². The summed E-state index contributed by atoms with van der Waals surface area (Å²) in [6.45, 7) is 2.02. The molecule has 0 spiro atoms. The Morgan fingerprint density at radius 1 is 1.35 bits per heavy atom. The second-order valence-electron chi connectivity index (χ2n) is 4.38. The molecule has 0 fully saturated rings. The Hall–Kier alpha value is -1.11. The van der Waals surface area contributed by atoms with E-state index in [0.717, 1.165) is 24.2 Å². The van der Waals surface area contributed by atoms with Gasteiger partial charge in [0.2, 0.25) is 10.0 Å². The van der Waals surface area contributed by atoms with Gasteiger partial charge in [0.15, 0.2) is 0 Å². The Morgan fingerprint density at radius 2 is 2.12 bits per heavy atom. The number of benzene rings is 1. The number of primary sulfonamides is 1. The zero-order chi connectivity index (χ0) is 12.5. The number of nitrogen functional groups attached to an aromatic ring is 1. The molecule has 1 heterocycles. The first kappa shape index (κ1) is 12.3. The van der Waals surface area contributed by atoms with Crippen molar-refractivity contribution in [1.29, 1.82) is 0 Å². The molecule has 5 nitrogen and oxygen atoms in total. The van der Waals surface area contributed by atoms with Crippen molar-refractivity contribution in [3.63, 3.8) is 0 Å². The van der Waals surface area contributed by atoms with Crippen LogP contribution in [-0.4, -0.2) is 32.2 Å². The van der Waals surface area contributed by atoms with Gasteiger partial charge in [0.1, 0.15) is 0 Å². The Morgan fingerprint density at radius 3 is 2.82 bits per heavy atom. The van der Waals surface area contributed by atoms with E-state index in [1.165, 1.54) is 5.56 Å². The van der Waals surface area contributed by atoms with Gasteiger partial charge in [-0.2, -0.15) is 0 Å². The van der Waals surface area contributed by atoms with Crippen LogP contribution >= 0.6 is 0 Å². The van der Waals surface area contributed by atoms with Gasteiger partial charge in [-0.25, -0.2) is 13.6 Å². The van der Waals surface area contributed by atoms with Crippen LogP contribution in [-0.2, 0) is 23.0 Å². The SMILES string of the molecule is Nc1cccc2c1CN(CCS(N)(=O)=O)CC2. The number of nitrogens with two attached hydrogens (primary N) is 2. The van der Waals surface area contributed by atoms with Gasteiger partial charge in [-0.05, 0) is 23.6 Å². The standard InChI is InChI=1S/C11H17N3O2S/c12-11-3-1-2-9-4-5-14(8-10(9)11)6-7-17(13,15)16/h1-3H,4-8,12H2,(H2,13,15,16). The second kappa shape index (κ2) is 4.64. The van der Waals surface area contributed by atoms with Gasteiger partial charge in [0.05, 0.1) is 5.75 Å². The second-order valence-corrected chi connectivity index (χ2v) is 6.11. The van der Waals surface area contributed by atoms with Crippen LogP contribution in [0.1, 0.15) is 11.1 Å². The van der Waals surface area contributed by atoms with Crippen molar-refractivity contribution in [3.8, 4) is 0 Å². The van der Waals surface area contributed by atoms with Gasteiger partial charge >= 0.3 is 0 Å². The van der Waals surface area contributed by atoms with E-state index in [1.807, 2.05) is 12.1 Å². The highest BCUT2D eigenvalue weighted by atomic mass is 32.2.